The molecule has 1 aromatic heterocycles. The third kappa shape index (κ3) is 4.62. The van der Waals surface area contributed by atoms with Crippen LogP contribution in [-0.4, -0.2) is 32.7 Å². The second-order valence-corrected chi connectivity index (χ2v) is 5.41. The molecule has 1 aromatic carbocycles. The zero-order chi connectivity index (χ0) is 19.3. The van der Waals surface area contributed by atoms with Crippen LogP contribution in [0.15, 0.2) is 33.5 Å². The maximum atomic E-state index is 12.2. The molecule has 0 radical (unpaired) electrons. The summed E-state index contributed by atoms with van der Waals surface area (Å²) in [5, 5.41) is 2.59. The van der Waals surface area contributed by atoms with Gasteiger partial charge in [0.1, 0.15) is 22.8 Å². The van der Waals surface area contributed by atoms with Crippen molar-refractivity contribution >= 4 is 17.6 Å². The minimum atomic E-state index is -0.748. The number of methoxy groups -OCH3 is 2. The number of amides is 1. The lowest BCUT2D eigenvalue weighted by atomic mass is 10.1. The molecule has 1 N–H and O–H groups in total. The predicted molar refractivity (Wildman–Crippen MR) is 92.9 cm³/mol. The fraction of sp³-hybridized carbons (Fsp3) is 0.278. The van der Waals surface area contributed by atoms with Gasteiger partial charge >= 0.3 is 11.6 Å². The molecule has 26 heavy (non-hydrogen) atoms. The van der Waals surface area contributed by atoms with Crippen molar-refractivity contribution in [2.75, 3.05) is 26.1 Å². The zero-order valence-corrected chi connectivity index (χ0v) is 14.9. The van der Waals surface area contributed by atoms with Crippen molar-refractivity contribution in [2.24, 2.45) is 0 Å². The minimum absolute atomic E-state index is 0.125. The first kappa shape index (κ1) is 19.0. The quantitative estimate of drug-likeness (QED) is 0.785. The van der Waals surface area contributed by atoms with E-state index in [2.05, 4.69) is 5.32 Å². The van der Waals surface area contributed by atoms with E-state index in [4.69, 9.17) is 18.6 Å². The standard InChI is InChI=1S/C18H19NO7/c1-10-5-16(21)26-11(2)17(10)18(22)25-9-15(20)19-12-6-13(23-3)8-14(7-12)24-4/h5-8H,9H2,1-4H3,(H,19,20). The Morgan fingerprint density at radius 1 is 1.04 bits per heavy atom. The molecule has 138 valence electrons. The number of aryl methyl sites for hydroxylation is 2. The van der Waals surface area contributed by atoms with Crippen LogP contribution in [0.2, 0.25) is 0 Å². The van der Waals surface area contributed by atoms with E-state index >= 15 is 0 Å². The summed E-state index contributed by atoms with van der Waals surface area (Å²) in [5.74, 6) is -0.147. The Hall–Kier alpha value is -3.29. The Morgan fingerprint density at radius 3 is 2.19 bits per heavy atom. The van der Waals surface area contributed by atoms with Gasteiger partial charge in [0.2, 0.25) is 0 Å². The number of carbonyl (C=O) groups is 2. The Kier molecular flexibility index (Phi) is 6.00. The van der Waals surface area contributed by atoms with Crippen molar-refractivity contribution in [1.29, 1.82) is 0 Å². The Bertz CT molecular complexity index is 837. The normalized spacial score (nSPS) is 10.2. The Morgan fingerprint density at radius 2 is 1.65 bits per heavy atom. The first-order valence-corrected chi connectivity index (χ1v) is 7.65. The van der Waals surface area contributed by atoms with Gasteiger partial charge in [0.05, 0.1) is 14.2 Å². The summed E-state index contributed by atoms with van der Waals surface area (Å²) in [6, 6.07) is 6.04. The smallest absolute Gasteiger partial charge is 0.342 e. The molecular weight excluding hydrogens is 342 g/mol. The Labute approximate surface area is 149 Å². The van der Waals surface area contributed by atoms with Crippen molar-refractivity contribution in [2.45, 2.75) is 13.8 Å². The molecule has 8 nitrogen and oxygen atoms in total. The van der Waals surface area contributed by atoms with Crippen molar-refractivity contribution < 1.29 is 28.2 Å². The lowest BCUT2D eigenvalue weighted by Gasteiger charge is -2.11. The number of hydrogen-bond donors (Lipinski definition) is 1. The highest BCUT2D eigenvalue weighted by atomic mass is 16.5. The molecule has 0 bridgehead atoms. The van der Waals surface area contributed by atoms with E-state index < -0.39 is 24.1 Å². The van der Waals surface area contributed by atoms with E-state index in [1.165, 1.54) is 27.2 Å². The van der Waals surface area contributed by atoms with Gasteiger partial charge in [0.15, 0.2) is 6.61 Å². The van der Waals surface area contributed by atoms with Gasteiger partial charge < -0.3 is 23.9 Å². The van der Waals surface area contributed by atoms with Gasteiger partial charge in [0, 0.05) is 30.0 Å². The van der Waals surface area contributed by atoms with Gasteiger partial charge in [-0.15, -0.1) is 0 Å². The topological polar surface area (TPSA) is 104 Å². The molecule has 2 aromatic rings. The molecule has 1 heterocycles. The van der Waals surface area contributed by atoms with Crippen molar-refractivity contribution in [3.63, 3.8) is 0 Å². The van der Waals surface area contributed by atoms with Crippen LogP contribution in [0.3, 0.4) is 0 Å². The van der Waals surface area contributed by atoms with Gasteiger partial charge in [-0.3, -0.25) is 4.79 Å². The van der Waals surface area contributed by atoms with E-state index in [0.717, 1.165) is 0 Å². The summed E-state index contributed by atoms with van der Waals surface area (Å²) >= 11 is 0. The Balaban J connectivity index is 2.03. The second-order valence-electron chi connectivity index (χ2n) is 5.41. The SMILES string of the molecule is COc1cc(NC(=O)COC(=O)c2c(C)cc(=O)oc2C)cc(OC)c1. The first-order valence-electron chi connectivity index (χ1n) is 7.65. The first-order chi connectivity index (χ1) is 12.3. The van der Waals surface area contributed by atoms with Gasteiger partial charge in [-0.2, -0.15) is 0 Å². The number of hydrogen-bond acceptors (Lipinski definition) is 7. The maximum Gasteiger partial charge on any atom is 0.342 e. The lowest BCUT2D eigenvalue weighted by molar-refractivity contribution is -0.119. The monoisotopic (exact) mass is 361 g/mol. The highest BCUT2D eigenvalue weighted by molar-refractivity contribution is 5.96. The van der Waals surface area contributed by atoms with E-state index in [1.807, 2.05) is 0 Å². The van der Waals surface area contributed by atoms with Crippen molar-refractivity contribution in [1.82, 2.24) is 0 Å². The highest BCUT2D eigenvalue weighted by Crippen LogP contribution is 2.25. The van der Waals surface area contributed by atoms with Crippen molar-refractivity contribution in [3.05, 3.63) is 51.6 Å². The number of ether oxygens (including phenoxy) is 3. The van der Waals surface area contributed by atoms with Gasteiger partial charge in [-0.25, -0.2) is 9.59 Å². The number of nitrogens with one attached hydrogen (secondary N) is 1. The molecule has 8 heteroatoms. The molecule has 0 fully saturated rings. The molecule has 2 rings (SSSR count). The van der Waals surface area contributed by atoms with Crippen LogP contribution in [0.4, 0.5) is 5.69 Å². The van der Waals surface area contributed by atoms with Crippen LogP contribution in [0.25, 0.3) is 0 Å². The molecule has 0 atom stereocenters. The number of carbonyl (C=O) groups excluding carboxylic acids is 2. The summed E-state index contributed by atoms with van der Waals surface area (Å²) in [4.78, 5) is 35.4. The van der Waals surface area contributed by atoms with Crippen molar-refractivity contribution in [3.8, 4) is 11.5 Å². The number of rotatable bonds is 6. The molecule has 0 aliphatic heterocycles. The molecule has 0 spiro atoms. The molecule has 1 amide bonds. The average Bonchev–Trinajstić information content (AvgIpc) is 2.58. The number of benzene rings is 1. The fourth-order valence-corrected chi connectivity index (χ4v) is 2.34. The average molecular weight is 361 g/mol. The third-order valence-electron chi connectivity index (χ3n) is 3.51. The number of anilines is 1. The lowest BCUT2D eigenvalue weighted by Crippen LogP contribution is -2.22. The summed E-state index contributed by atoms with van der Waals surface area (Å²) in [7, 11) is 2.98. The molecule has 0 aliphatic rings. The largest absolute Gasteiger partial charge is 0.497 e. The summed E-state index contributed by atoms with van der Waals surface area (Å²) in [6.45, 7) is 2.56. The van der Waals surface area contributed by atoms with Gasteiger partial charge in [0.25, 0.3) is 5.91 Å². The van der Waals surface area contributed by atoms with E-state index in [9.17, 15) is 14.4 Å². The fourth-order valence-electron chi connectivity index (χ4n) is 2.34. The minimum Gasteiger partial charge on any atom is -0.497 e. The third-order valence-corrected chi connectivity index (χ3v) is 3.51. The molecular formula is C18H19NO7. The van der Waals surface area contributed by atoms with Crippen LogP contribution in [0, 0.1) is 13.8 Å². The molecule has 0 saturated heterocycles. The van der Waals surface area contributed by atoms with Crippen LogP contribution >= 0.6 is 0 Å². The van der Waals surface area contributed by atoms with E-state index in [1.54, 1.807) is 25.1 Å². The molecule has 0 unspecified atom stereocenters. The predicted octanol–water partition coefficient (Wildman–Crippen LogP) is 2.07. The van der Waals surface area contributed by atoms with Crippen LogP contribution in [0.5, 0.6) is 11.5 Å². The summed E-state index contributed by atoms with van der Waals surface area (Å²) in [5.41, 5.74) is 0.420. The molecule has 0 aliphatic carbocycles. The zero-order valence-electron chi connectivity index (χ0n) is 14.9. The van der Waals surface area contributed by atoms with Crippen LogP contribution in [0.1, 0.15) is 21.7 Å². The van der Waals surface area contributed by atoms with Gasteiger partial charge in [-0.1, -0.05) is 0 Å². The molecule has 0 saturated carbocycles. The van der Waals surface area contributed by atoms with Crippen LogP contribution < -0.4 is 20.4 Å². The van der Waals surface area contributed by atoms with E-state index in [0.29, 0.717) is 22.7 Å². The maximum absolute atomic E-state index is 12.2. The van der Waals surface area contributed by atoms with Gasteiger partial charge in [-0.05, 0) is 19.4 Å². The summed E-state index contributed by atoms with van der Waals surface area (Å²) < 4.78 is 20.1. The van der Waals surface area contributed by atoms with Crippen LogP contribution in [-0.2, 0) is 9.53 Å². The second kappa shape index (κ2) is 8.19. The summed E-state index contributed by atoms with van der Waals surface area (Å²) in [6.07, 6.45) is 0. The van der Waals surface area contributed by atoms with E-state index in [-0.39, 0.29) is 11.3 Å². The number of esters is 1. The highest BCUT2D eigenvalue weighted by Gasteiger charge is 2.18.